The van der Waals surface area contributed by atoms with Crippen molar-refractivity contribution in [3.8, 4) is 44.8 Å². The van der Waals surface area contributed by atoms with Crippen LogP contribution in [0.15, 0.2) is 158 Å². The molecule has 0 atom stereocenters. The van der Waals surface area contributed by atoms with Crippen LogP contribution in [0.2, 0.25) is 0 Å². The van der Waals surface area contributed by atoms with Crippen molar-refractivity contribution in [1.29, 1.82) is 0 Å². The van der Waals surface area contributed by atoms with Gasteiger partial charge in [-0.2, -0.15) is 0 Å². The molecule has 1 heterocycles. The molecule has 0 aliphatic rings. The van der Waals surface area contributed by atoms with E-state index in [-0.39, 0.29) is 0 Å². The zero-order valence-electron chi connectivity index (χ0n) is 24.0. The molecule has 0 N–H and O–H groups in total. The first kappa shape index (κ1) is 25.2. The van der Waals surface area contributed by atoms with Gasteiger partial charge in [0, 0.05) is 11.1 Å². The van der Waals surface area contributed by atoms with E-state index < -0.39 is 0 Å². The highest BCUT2D eigenvalue weighted by Gasteiger charge is 2.15. The van der Waals surface area contributed by atoms with Gasteiger partial charge in [0.15, 0.2) is 0 Å². The van der Waals surface area contributed by atoms with Gasteiger partial charge in [0.05, 0.1) is 11.4 Å². The van der Waals surface area contributed by atoms with Crippen molar-refractivity contribution >= 4 is 32.3 Å². The average molecular weight is 548 g/mol. The topological polar surface area (TPSA) is 12.9 Å². The SMILES string of the molecule is Cc1c(-c2cccc(-c3ccc4c5ccccc5c5ccccc5c4c3)c2)cc(-c2ccccc2)nc1-c1ccccc1. The van der Waals surface area contributed by atoms with E-state index in [0.717, 1.165) is 22.5 Å². The van der Waals surface area contributed by atoms with E-state index in [0.29, 0.717) is 0 Å². The summed E-state index contributed by atoms with van der Waals surface area (Å²) in [7, 11) is 0. The number of hydrogen-bond donors (Lipinski definition) is 0. The molecule has 1 aromatic heterocycles. The van der Waals surface area contributed by atoms with Gasteiger partial charge in [0.1, 0.15) is 0 Å². The summed E-state index contributed by atoms with van der Waals surface area (Å²) < 4.78 is 0. The van der Waals surface area contributed by atoms with Crippen LogP contribution < -0.4 is 0 Å². The lowest BCUT2D eigenvalue weighted by Crippen LogP contribution is -1.96. The molecule has 0 saturated heterocycles. The van der Waals surface area contributed by atoms with Crippen molar-refractivity contribution in [2.45, 2.75) is 6.92 Å². The van der Waals surface area contributed by atoms with Gasteiger partial charge >= 0.3 is 0 Å². The predicted molar refractivity (Wildman–Crippen MR) is 183 cm³/mol. The molecule has 1 nitrogen and oxygen atoms in total. The zero-order chi connectivity index (χ0) is 28.8. The smallest absolute Gasteiger partial charge is 0.0744 e. The Morgan fingerprint density at radius 3 is 1.49 bits per heavy atom. The van der Waals surface area contributed by atoms with E-state index in [4.69, 9.17) is 4.98 Å². The summed E-state index contributed by atoms with van der Waals surface area (Å²) in [5, 5.41) is 7.77. The Morgan fingerprint density at radius 2 is 0.837 bits per heavy atom. The zero-order valence-corrected chi connectivity index (χ0v) is 24.0. The fourth-order valence-electron chi connectivity index (χ4n) is 6.50. The summed E-state index contributed by atoms with van der Waals surface area (Å²) >= 11 is 0. The number of aromatic nitrogens is 1. The van der Waals surface area contributed by atoms with Crippen LogP contribution in [0.25, 0.3) is 77.1 Å². The lowest BCUT2D eigenvalue weighted by Gasteiger charge is -2.16. The van der Waals surface area contributed by atoms with Gasteiger partial charge in [-0.15, -0.1) is 0 Å². The summed E-state index contributed by atoms with van der Waals surface area (Å²) in [5.74, 6) is 0. The molecule has 0 amide bonds. The maximum absolute atomic E-state index is 5.17. The fraction of sp³-hybridized carbons (Fsp3) is 0.0238. The Morgan fingerprint density at radius 1 is 0.349 bits per heavy atom. The predicted octanol–water partition coefficient (Wildman–Crippen LogP) is 11.5. The molecule has 7 aromatic carbocycles. The van der Waals surface area contributed by atoms with Gasteiger partial charge in [-0.3, -0.25) is 0 Å². The third-order valence-electron chi connectivity index (χ3n) is 8.64. The summed E-state index contributed by atoms with van der Waals surface area (Å²) in [6.45, 7) is 2.19. The van der Waals surface area contributed by atoms with Crippen LogP contribution in [0, 0.1) is 6.92 Å². The van der Waals surface area contributed by atoms with Crippen molar-refractivity contribution in [2.24, 2.45) is 0 Å². The maximum atomic E-state index is 5.17. The minimum atomic E-state index is 0.981. The Bertz CT molecular complexity index is 2250. The van der Waals surface area contributed by atoms with E-state index in [1.807, 2.05) is 0 Å². The largest absolute Gasteiger partial charge is 0.247 e. The normalized spacial score (nSPS) is 11.4. The highest BCUT2D eigenvalue weighted by Crippen LogP contribution is 2.39. The van der Waals surface area contributed by atoms with Crippen LogP contribution in [0.1, 0.15) is 5.56 Å². The lowest BCUT2D eigenvalue weighted by atomic mass is 9.90. The van der Waals surface area contributed by atoms with E-state index in [1.54, 1.807) is 0 Å². The molecular weight excluding hydrogens is 518 g/mol. The molecule has 0 aliphatic carbocycles. The second-order valence-electron chi connectivity index (χ2n) is 11.2. The summed E-state index contributed by atoms with van der Waals surface area (Å²) in [6.07, 6.45) is 0. The molecule has 8 aromatic rings. The Balaban J connectivity index is 1.32. The summed E-state index contributed by atoms with van der Waals surface area (Å²) in [5.41, 5.74) is 10.2. The highest BCUT2D eigenvalue weighted by atomic mass is 14.7. The highest BCUT2D eigenvalue weighted by molar-refractivity contribution is 6.25. The number of rotatable bonds is 4. The Labute approximate surface area is 251 Å². The molecule has 43 heavy (non-hydrogen) atoms. The monoisotopic (exact) mass is 547 g/mol. The minimum absolute atomic E-state index is 0.981. The molecule has 8 rings (SSSR count). The van der Waals surface area contributed by atoms with Gasteiger partial charge < -0.3 is 0 Å². The van der Waals surface area contributed by atoms with Crippen molar-refractivity contribution < 1.29 is 0 Å². The van der Waals surface area contributed by atoms with Crippen molar-refractivity contribution in [2.75, 3.05) is 0 Å². The number of pyridine rings is 1. The van der Waals surface area contributed by atoms with Crippen LogP contribution in [0.5, 0.6) is 0 Å². The molecule has 0 radical (unpaired) electrons. The number of nitrogens with zero attached hydrogens (tertiary/aromatic N) is 1. The average Bonchev–Trinajstić information content (AvgIpc) is 3.09. The lowest BCUT2D eigenvalue weighted by molar-refractivity contribution is 1.27. The van der Waals surface area contributed by atoms with Crippen LogP contribution >= 0.6 is 0 Å². The molecule has 0 fully saturated rings. The number of hydrogen-bond acceptors (Lipinski definition) is 1. The fourth-order valence-corrected chi connectivity index (χ4v) is 6.50. The van der Waals surface area contributed by atoms with E-state index >= 15 is 0 Å². The third-order valence-corrected chi connectivity index (χ3v) is 8.64. The molecule has 202 valence electrons. The standard InChI is InChI=1S/C42H29N/c1-28-39(27-41(29-13-4-2-5-14-29)43-42(28)30-15-6-3-7-16-30)33-18-12-17-31(25-33)32-23-24-38-36-21-9-8-19-34(36)35-20-10-11-22-37(35)40(38)26-32/h2-27H,1H3. The number of fused-ring (bicyclic) bond motifs is 6. The van der Waals surface area contributed by atoms with Crippen LogP contribution in [0.4, 0.5) is 0 Å². The summed E-state index contributed by atoms with van der Waals surface area (Å²) in [4.78, 5) is 5.17. The van der Waals surface area contributed by atoms with Crippen molar-refractivity contribution in [1.82, 2.24) is 4.98 Å². The summed E-state index contributed by atoms with van der Waals surface area (Å²) in [6, 6.07) is 56.6. The van der Waals surface area contributed by atoms with Crippen molar-refractivity contribution in [3.63, 3.8) is 0 Å². The maximum Gasteiger partial charge on any atom is 0.0744 e. The number of benzene rings is 7. The van der Waals surface area contributed by atoms with E-state index in [1.165, 1.54) is 60.1 Å². The quantitative estimate of drug-likeness (QED) is 0.200. The first-order valence-electron chi connectivity index (χ1n) is 14.8. The molecule has 0 unspecified atom stereocenters. The molecule has 0 spiro atoms. The molecule has 0 saturated carbocycles. The van der Waals surface area contributed by atoms with Crippen molar-refractivity contribution in [3.05, 3.63) is 163 Å². The molecule has 0 aliphatic heterocycles. The second-order valence-corrected chi connectivity index (χ2v) is 11.2. The van der Waals surface area contributed by atoms with Crippen LogP contribution in [0.3, 0.4) is 0 Å². The third kappa shape index (κ3) is 4.38. The Hall–Kier alpha value is -5.53. The molecule has 0 bridgehead atoms. The van der Waals surface area contributed by atoms with Gasteiger partial charge in [0.25, 0.3) is 0 Å². The minimum Gasteiger partial charge on any atom is -0.247 e. The van der Waals surface area contributed by atoms with E-state index in [2.05, 4.69) is 165 Å². The van der Waals surface area contributed by atoms with Gasteiger partial charge in [-0.05, 0) is 85.3 Å². The molecular formula is C42H29N. The van der Waals surface area contributed by atoms with Crippen LogP contribution in [-0.4, -0.2) is 4.98 Å². The Kier molecular flexibility index (Phi) is 6.09. The second kappa shape index (κ2) is 10.4. The van der Waals surface area contributed by atoms with Crippen LogP contribution in [-0.2, 0) is 0 Å². The molecule has 1 heteroatoms. The van der Waals surface area contributed by atoms with Gasteiger partial charge in [-0.1, -0.05) is 140 Å². The first-order chi connectivity index (χ1) is 21.2. The van der Waals surface area contributed by atoms with E-state index in [9.17, 15) is 0 Å². The first-order valence-corrected chi connectivity index (χ1v) is 14.8. The van der Waals surface area contributed by atoms with Gasteiger partial charge in [-0.25, -0.2) is 4.98 Å². The van der Waals surface area contributed by atoms with Gasteiger partial charge in [0.2, 0.25) is 0 Å².